The molecule has 4 aromatic carbocycles. The van der Waals surface area contributed by atoms with Crippen LogP contribution >= 0.6 is 0 Å². The second-order valence-corrected chi connectivity index (χ2v) is 17.6. The molecule has 0 unspecified atom stereocenters. The van der Waals surface area contributed by atoms with E-state index in [0.29, 0.717) is 0 Å². The van der Waals surface area contributed by atoms with Gasteiger partial charge in [-0.25, -0.2) is 0 Å². The molecule has 3 aliphatic rings. The van der Waals surface area contributed by atoms with Gasteiger partial charge in [-0.2, -0.15) is 0 Å². The predicted octanol–water partition coefficient (Wildman–Crippen LogP) is 3.75. The summed E-state index contributed by atoms with van der Waals surface area (Å²) in [6.07, 6.45) is 14.9. The first-order chi connectivity index (χ1) is 20.4. The van der Waals surface area contributed by atoms with Gasteiger partial charge in [-0.3, -0.25) is 0 Å². The molecule has 0 atom stereocenters. The van der Waals surface area contributed by atoms with Crippen LogP contribution in [0, 0.1) is 0 Å². The molecule has 0 spiro atoms. The van der Waals surface area contributed by atoms with Crippen molar-refractivity contribution in [2.45, 2.75) is 77.0 Å². The van der Waals surface area contributed by atoms with Crippen molar-refractivity contribution >= 4 is 7.68 Å². The SMILES string of the molecule is CC(C)(c1ccccc1)c1ccc2c(c1)Cc1c-2ccc(C(C)(C)c2ccccc2)[c]1[Ti+2]([C]1=CC=CC1)=[C]1CCCC1.[Cl-].[Cl-]. The van der Waals surface area contributed by atoms with Gasteiger partial charge in [0.2, 0.25) is 0 Å². The van der Waals surface area contributed by atoms with Crippen molar-refractivity contribution < 1.29 is 42.2 Å². The van der Waals surface area contributed by atoms with Crippen LogP contribution in [0.2, 0.25) is 0 Å². The first-order valence-corrected chi connectivity index (χ1v) is 18.2. The molecule has 1 saturated carbocycles. The predicted molar refractivity (Wildman–Crippen MR) is 177 cm³/mol. The first-order valence-electron chi connectivity index (χ1n) is 15.9. The van der Waals surface area contributed by atoms with Gasteiger partial charge in [0.05, 0.1) is 0 Å². The van der Waals surface area contributed by atoms with Crippen molar-refractivity contribution in [1.82, 2.24) is 0 Å². The Morgan fingerprint density at radius 3 is 1.86 bits per heavy atom. The summed E-state index contributed by atoms with van der Waals surface area (Å²) < 4.78 is 5.45. The number of hydrogen-bond donors (Lipinski definition) is 0. The molecule has 7 rings (SSSR count). The normalized spacial score (nSPS) is 15.1. The van der Waals surface area contributed by atoms with Gasteiger partial charge in [-0.15, -0.1) is 0 Å². The summed E-state index contributed by atoms with van der Waals surface area (Å²) in [5.41, 5.74) is 11.8. The Bertz CT molecular complexity index is 1750. The molecule has 1 fully saturated rings. The van der Waals surface area contributed by atoms with Gasteiger partial charge in [0.15, 0.2) is 0 Å². The Morgan fingerprint density at radius 1 is 0.636 bits per heavy atom. The Hall–Kier alpha value is -2.48. The number of benzene rings is 4. The Kier molecular flexibility index (Phi) is 9.79. The van der Waals surface area contributed by atoms with Crippen LogP contribution in [0.15, 0.2) is 113 Å². The van der Waals surface area contributed by atoms with Crippen molar-refractivity contribution in [3.63, 3.8) is 0 Å². The summed E-state index contributed by atoms with van der Waals surface area (Å²) in [7, 11) is 0. The summed E-state index contributed by atoms with van der Waals surface area (Å²) in [5, 5.41) is 0. The molecule has 0 bridgehead atoms. The van der Waals surface area contributed by atoms with Crippen molar-refractivity contribution in [2.75, 3.05) is 0 Å². The van der Waals surface area contributed by atoms with E-state index in [1.807, 2.05) is 3.81 Å². The molecule has 224 valence electrons. The van der Waals surface area contributed by atoms with Crippen LogP contribution in [0.5, 0.6) is 0 Å². The van der Waals surface area contributed by atoms with E-state index in [2.05, 4.69) is 137 Å². The molecule has 0 N–H and O–H groups in total. The molecule has 0 amide bonds. The van der Waals surface area contributed by atoms with E-state index < -0.39 is 17.4 Å². The van der Waals surface area contributed by atoms with Crippen LogP contribution < -0.4 is 28.7 Å². The minimum Gasteiger partial charge on any atom is -1.00 e. The van der Waals surface area contributed by atoms with Gasteiger partial charge in [0.25, 0.3) is 0 Å². The van der Waals surface area contributed by atoms with Crippen LogP contribution in [0.1, 0.15) is 93.2 Å². The van der Waals surface area contributed by atoms with Gasteiger partial charge in [0.1, 0.15) is 0 Å². The monoisotopic (exact) mass is 652 g/mol. The zero-order valence-electron chi connectivity index (χ0n) is 26.4. The molecule has 44 heavy (non-hydrogen) atoms. The van der Waals surface area contributed by atoms with Crippen molar-refractivity contribution in [3.8, 4) is 11.1 Å². The van der Waals surface area contributed by atoms with Crippen LogP contribution in [-0.4, -0.2) is 3.81 Å². The van der Waals surface area contributed by atoms with Crippen molar-refractivity contribution in [1.29, 1.82) is 0 Å². The number of rotatable bonds is 6. The van der Waals surface area contributed by atoms with E-state index in [0.717, 1.165) is 12.8 Å². The number of halogens is 2. The van der Waals surface area contributed by atoms with E-state index in [-0.39, 0.29) is 35.6 Å². The topological polar surface area (TPSA) is 0 Å². The molecular formula is C41H42Cl2Ti. The van der Waals surface area contributed by atoms with E-state index in [4.69, 9.17) is 0 Å². The third-order valence-electron chi connectivity index (χ3n) is 10.4. The van der Waals surface area contributed by atoms with Gasteiger partial charge < -0.3 is 24.8 Å². The Labute approximate surface area is 282 Å². The molecule has 0 nitrogen and oxygen atoms in total. The van der Waals surface area contributed by atoms with Gasteiger partial charge in [-0.05, 0) is 0 Å². The zero-order valence-corrected chi connectivity index (χ0v) is 29.5. The van der Waals surface area contributed by atoms with Crippen LogP contribution in [-0.2, 0) is 34.7 Å². The molecule has 0 aromatic heterocycles. The maximum absolute atomic E-state index is 2.53. The maximum Gasteiger partial charge on any atom is -1.00 e. The molecular weight excluding hydrogens is 611 g/mol. The smallest absolute Gasteiger partial charge is 1.00 e. The fourth-order valence-corrected chi connectivity index (χ4v) is 13.6. The summed E-state index contributed by atoms with van der Waals surface area (Å²) >= 11 is -1.90. The van der Waals surface area contributed by atoms with E-state index in [1.165, 1.54) is 59.1 Å². The molecule has 0 radical (unpaired) electrons. The first kappa shape index (κ1) is 32.9. The fourth-order valence-electron chi connectivity index (χ4n) is 7.75. The standard InChI is InChI=1S/C31H29.C5H8.C5H5.2ClH.Ti/c1-30(2,24-11-7-5-8-12-24)26-15-17-28-22(20-26)19-23-21-27(16-18-29(23)28)31(3,4)25-13-9-6-10-14-25;2*1-2-4-5-3-1;;;/h5-18,20H,19H2,1-4H3;1-4H2;1-3H,4H2;2*1H;/q;;;;;+2/p-2. The average Bonchev–Trinajstić information content (AvgIpc) is 3.80. The number of fused-ring (bicyclic) bond motifs is 3. The molecule has 0 aliphatic heterocycles. The largest absolute Gasteiger partial charge is 1.00 e. The second kappa shape index (κ2) is 13.1. The molecule has 3 heteroatoms. The van der Waals surface area contributed by atoms with Crippen LogP contribution in [0.3, 0.4) is 0 Å². The molecule has 0 heterocycles. The number of allylic oxidation sites excluding steroid dienone is 4. The molecule has 0 saturated heterocycles. The minimum atomic E-state index is -1.90. The average molecular weight is 654 g/mol. The van der Waals surface area contributed by atoms with Gasteiger partial charge in [-0.1, -0.05) is 0 Å². The van der Waals surface area contributed by atoms with E-state index in [9.17, 15) is 0 Å². The summed E-state index contributed by atoms with van der Waals surface area (Å²) in [6, 6.07) is 34.6. The second-order valence-electron chi connectivity index (χ2n) is 13.6. The summed E-state index contributed by atoms with van der Waals surface area (Å²) in [4.78, 5) is 0. The van der Waals surface area contributed by atoms with E-state index in [1.54, 1.807) is 18.9 Å². The molecule has 3 aliphatic carbocycles. The fraction of sp³-hybridized carbons (Fsp3) is 0.293. The molecule has 4 aromatic rings. The van der Waals surface area contributed by atoms with Crippen molar-refractivity contribution in [3.05, 3.63) is 146 Å². The number of hydrogen-bond acceptors (Lipinski definition) is 0. The summed E-state index contributed by atoms with van der Waals surface area (Å²) in [5.74, 6) is 0. The van der Waals surface area contributed by atoms with Gasteiger partial charge in [0, 0.05) is 0 Å². The van der Waals surface area contributed by atoms with Gasteiger partial charge >= 0.3 is 260 Å². The third kappa shape index (κ3) is 5.69. The van der Waals surface area contributed by atoms with Crippen molar-refractivity contribution in [2.24, 2.45) is 0 Å². The van der Waals surface area contributed by atoms with E-state index >= 15 is 0 Å². The van der Waals surface area contributed by atoms with Crippen LogP contribution in [0.4, 0.5) is 0 Å². The maximum atomic E-state index is 2.53. The quantitative estimate of drug-likeness (QED) is 0.245. The Morgan fingerprint density at radius 2 is 1.25 bits per heavy atom. The minimum absolute atomic E-state index is 0. The zero-order chi connectivity index (χ0) is 28.9. The van der Waals surface area contributed by atoms with Crippen LogP contribution in [0.25, 0.3) is 11.1 Å². The third-order valence-corrected chi connectivity index (χ3v) is 15.5. The summed E-state index contributed by atoms with van der Waals surface area (Å²) in [6.45, 7) is 9.68. The Balaban J connectivity index is 0.00000192.